The van der Waals surface area contributed by atoms with Gasteiger partial charge in [0.05, 0.1) is 12.1 Å². The lowest BCUT2D eigenvalue weighted by atomic mass is 10.1. The molecule has 2 heterocycles. The molecule has 2 N–H and O–H groups in total. The standard InChI is InChI=1S/C17H21N3OS.2ClH/c1-12-3-2-4-13(9-12)17-20-15(11-22-17)10-16(21)19-14-5-7-18-8-6-14;;/h2-4,9,11,14,18H,5-8,10H2,1H3,(H,19,21);2*1H. The lowest BCUT2D eigenvalue weighted by Crippen LogP contribution is -2.43. The predicted molar refractivity (Wildman–Crippen MR) is 105 cm³/mol. The third-order valence-corrected chi connectivity index (χ3v) is 4.80. The van der Waals surface area contributed by atoms with Crippen LogP contribution in [0, 0.1) is 6.92 Å². The number of piperidine rings is 1. The molecule has 0 unspecified atom stereocenters. The summed E-state index contributed by atoms with van der Waals surface area (Å²) in [5, 5.41) is 9.38. The van der Waals surface area contributed by atoms with Gasteiger partial charge in [-0.3, -0.25) is 4.79 Å². The van der Waals surface area contributed by atoms with Gasteiger partial charge in [0, 0.05) is 17.0 Å². The van der Waals surface area contributed by atoms with Crippen molar-refractivity contribution in [2.45, 2.75) is 32.2 Å². The van der Waals surface area contributed by atoms with Crippen LogP contribution in [0.15, 0.2) is 29.6 Å². The summed E-state index contributed by atoms with van der Waals surface area (Å²) in [4.78, 5) is 16.7. The molecule has 0 saturated carbocycles. The van der Waals surface area contributed by atoms with Gasteiger partial charge in [-0.15, -0.1) is 36.2 Å². The molecule has 1 saturated heterocycles. The highest BCUT2D eigenvalue weighted by Crippen LogP contribution is 2.24. The number of carbonyl (C=O) groups is 1. The van der Waals surface area contributed by atoms with Crippen LogP contribution in [0.5, 0.6) is 0 Å². The SMILES string of the molecule is Cc1cccc(-c2nc(CC(=O)NC3CCNCC3)cs2)c1.Cl.Cl. The quantitative estimate of drug-likeness (QED) is 0.845. The van der Waals surface area contributed by atoms with Crippen LogP contribution in [0.25, 0.3) is 10.6 Å². The summed E-state index contributed by atoms with van der Waals surface area (Å²) in [6.45, 7) is 4.04. The first-order valence-corrected chi connectivity index (χ1v) is 8.60. The summed E-state index contributed by atoms with van der Waals surface area (Å²) in [6.07, 6.45) is 2.39. The molecule has 1 fully saturated rings. The van der Waals surface area contributed by atoms with Crippen LogP contribution in [0.2, 0.25) is 0 Å². The minimum atomic E-state index is 0. The maximum atomic E-state index is 12.1. The average molecular weight is 388 g/mol. The first kappa shape index (κ1) is 20.9. The second kappa shape index (κ2) is 9.99. The van der Waals surface area contributed by atoms with Crippen molar-refractivity contribution in [3.05, 3.63) is 40.9 Å². The Balaban J connectivity index is 0.00000144. The summed E-state index contributed by atoms with van der Waals surface area (Å²) in [5.74, 6) is 0.0768. The van der Waals surface area contributed by atoms with Crippen LogP contribution >= 0.6 is 36.2 Å². The Kier molecular flexibility index (Phi) is 8.70. The third-order valence-electron chi connectivity index (χ3n) is 3.86. The zero-order valence-corrected chi connectivity index (χ0v) is 16.0. The number of amides is 1. The van der Waals surface area contributed by atoms with Gasteiger partial charge in [0.25, 0.3) is 0 Å². The number of thiazole rings is 1. The average Bonchev–Trinajstić information content (AvgIpc) is 2.96. The van der Waals surface area contributed by atoms with E-state index in [4.69, 9.17) is 0 Å². The van der Waals surface area contributed by atoms with Crippen molar-refractivity contribution < 1.29 is 4.79 Å². The van der Waals surface area contributed by atoms with Crippen molar-refractivity contribution in [1.82, 2.24) is 15.6 Å². The highest BCUT2D eigenvalue weighted by Gasteiger charge is 2.16. The number of hydrogen-bond acceptors (Lipinski definition) is 4. The van der Waals surface area contributed by atoms with Crippen molar-refractivity contribution in [2.75, 3.05) is 13.1 Å². The predicted octanol–water partition coefficient (Wildman–Crippen LogP) is 3.37. The number of nitrogens with one attached hydrogen (secondary N) is 2. The van der Waals surface area contributed by atoms with Gasteiger partial charge < -0.3 is 10.6 Å². The van der Waals surface area contributed by atoms with Crippen molar-refractivity contribution in [1.29, 1.82) is 0 Å². The van der Waals surface area contributed by atoms with Crippen molar-refractivity contribution >= 4 is 42.1 Å². The monoisotopic (exact) mass is 387 g/mol. The minimum absolute atomic E-state index is 0. The van der Waals surface area contributed by atoms with Crippen molar-refractivity contribution in [3.8, 4) is 10.6 Å². The number of benzene rings is 1. The molecule has 1 aromatic heterocycles. The lowest BCUT2D eigenvalue weighted by Gasteiger charge is -2.23. The van der Waals surface area contributed by atoms with Crippen LogP contribution in [0.4, 0.5) is 0 Å². The first-order chi connectivity index (χ1) is 10.7. The molecular formula is C17H23Cl2N3OS. The molecule has 1 aromatic carbocycles. The fourth-order valence-corrected chi connectivity index (χ4v) is 3.53. The Morgan fingerprint density at radius 3 is 2.79 bits per heavy atom. The zero-order chi connectivity index (χ0) is 15.4. The maximum Gasteiger partial charge on any atom is 0.226 e. The highest BCUT2D eigenvalue weighted by molar-refractivity contribution is 7.13. The Bertz CT molecular complexity index is 657. The largest absolute Gasteiger partial charge is 0.353 e. The molecule has 3 rings (SSSR count). The molecule has 0 radical (unpaired) electrons. The second-order valence-corrected chi connectivity index (χ2v) is 6.64. The number of nitrogens with zero attached hydrogens (tertiary/aromatic N) is 1. The molecule has 0 bridgehead atoms. The summed E-state index contributed by atoms with van der Waals surface area (Å²) in [5.41, 5.74) is 3.20. The summed E-state index contributed by atoms with van der Waals surface area (Å²) in [6, 6.07) is 8.60. The normalized spacial score (nSPS) is 14.4. The second-order valence-electron chi connectivity index (χ2n) is 5.78. The molecule has 0 atom stereocenters. The van der Waals surface area contributed by atoms with Crippen LogP contribution in [0.3, 0.4) is 0 Å². The minimum Gasteiger partial charge on any atom is -0.353 e. The Labute approximate surface area is 159 Å². The van der Waals surface area contributed by atoms with Crippen LogP contribution in [0.1, 0.15) is 24.1 Å². The number of aryl methyl sites for hydroxylation is 1. The Morgan fingerprint density at radius 2 is 2.08 bits per heavy atom. The number of rotatable bonds is 4. The van der Waals surface area contributed by atoms with Gasteiger partial charge in [0.2, 0.25) is 5.91 Å². The maximum absolute atomic E-state index is 12.1. The molecule has 132 valence electrons. The molecule has 1 aliphatic rings. The lowest BCUT2D eigenvalue weighted by molar-refractivity contribution is -0.121. The fraction of sp³-hybridized carbons (Fsp3) is 0.412. The highest BCUT2D eigenvalue weighted by atomic mass is 35.5. The smallest absolute Gasteiger partial charge is 0.226 e. The molecule has 0 spiro atoms. The van der Waals surface area contributed by atoms with Crippen LogP contribution in [-0.2, 0) is 11.2 Å². The topological polar surface area (TPSA) is 54.0 Å². The van der Waals surface area contributed by atoms with E-state index in [2.05, 4.69) is 40.7 Å². The molecule has 1 aliphatic heterocycles. The van der Waals surface area contributed by atoms with Crippen LogP contribution in [-0.4, -0.2) is 30.0 Å². The number of carbonyl (C=O) groups excluding carboxylic acids is 1. The van der Waals surface area contributed by atoms with E-state index in [1.807, 2.05) is 11.4 Å². The molecule has 2 aromatic rings. The van der Waals surface area contributed by atoms with E-state index in [0.717, 1.165) is 42.2 Å². The van der Waals surface area contributed by atoms with Crippen molar-refractivity contribution in [2.24, 2.45) is 0 Å². The molecule has 4 nitrogen and oxygen atoms in total. The van der Waals surface area contributed by atoms with E-state index < -0.39 is 0 Å². The molecular weight excluding hydrogens is 365 g/mol. The van der Waals surface area contributed by atoms with Gasteiger partial charge in [-0.05, 0) is 38.9 Å². The molecule has 7 heteroatoms. The van der Waals surface area contributed by atoms with Crippen molar-refractivity contribution in [3.63, 3.8) is 0 Å². The zero-order valence-electron chi connectivity index (χ0n) is 13.6. The molecule has 24 heavy (non-hydrogen) atoms. The third kappa shape index (κ3) is 5.74. The van der Waals surface area contributed by atoms with Gasteiger partial charge in [0.15, 0.2) is 0 Å². The summed E-state index contributed by atoms with van der Waals surface area (Å²) >= 11 is 1.60. The van der Waals surface area contributed by atoms with Gasteiger partial charge in [-0.2, -0.15) is 0 Å². The van der Waals surface area contributed by atoms with E-state index in [0.29, 0.717) is 12.5 Å². The number of halogens is 2. The fourth-order valence-electron chi connectivity index (χ4n) is 2.71. The van der Waals surface area contributed by atoms with Gasteiger partial charge in [-0.1, -0.05) is 23.8 Å². The van der Waals surface area contributed by atoms with E-state index in [-0.39, 0.29) is 30.7 Å². The van der Waals surface area contributed by atoms with E-state index in [9.17, 15) is 4.79 Å². The Morgan fingerprint density at radius 1 is 1.33 bits per heavy atom. The number of hydrogen-bond donors (Lipinski definition) is 2. The van der Waals surface area contributed by atoms with Crippen LogP contribution < -0.4 is 10.6 Å². The van der Waals surface area contributed by atoms with Gasteiger partial charge in [-0.25, -0.2) is 4.98 Å². The Hall–Kier alpha value is -1.14. The molecule has 1 amide bonds. The number of aromatic nitrogens is 1. The van der Waals surface area contributed by atoms with E-state index >= 15 is 0 Å². The van der Waals surface area contributed by atoms with E-state index in [1.54, 1.807) is 11.3 Å². The van der Waals surface area contributed by atoms with E-state index in [1.165, 1.54) is 5.56 Å². The molecule has 0 aliphatic carbocycles. The summed E-state index contributed by atoms with van der Waals surface area (Å²) in [7, 11) is 0. The van der Waals surface area contributed by atoms with Gasteiger partial charge in [0.1, 0.15) is 5.01 Å². The van der Waals surface area contributed by atoms with Gasteiger partial charge >= 0.3 is 0 Å². The first-order valence-electron chi connectivity index (χ1n) is 7.72. The summed E-state index contributed by atoms with van der Waals surface area (Å²) < 4.78 is 0.